The van der Waals surface area contributed by atoms with E-state index in [0.717, 1.165) is 17.9 Å². The molecule has 0 saturated heterocycles. The lowest BCUT2D eigenvalue weighted by Crippen LogP contribution is -1.80. The van der Waals surface area contributed by atoms with Gasteiger partial charge in [-0.15, -0.1) is 24.1 Å². The molecule has 2 nitrogen and oxygen atoms in total. The van der Waals surface area contributed by atoms with E-state index < -0.39 is 0 Å². The fourth-order valence-corrected chi connectivity index (χ4v) is 2.71. The van der Waals surface area contributed by atoms with Crippen LogP contribution in [0.1, 0.15) is 12.1 Å². The first-order valence-corrected chi connectivity index (χ1v) is 5.33. The van der Waals surface area contributed by atoms with Gasteiger partial charge in [0.15, 0.2) is 5.13 Å². The van der Waals surface area contributed by atoms with Gasteiger partial charge < -0.3 is 5.73 Å². The third kappa shape index (κ3) is 2.43. The number of anilines is 1. The predicted molar refractivity (Wildman–Crippen MR) is 55.4 cm³/mol. The standard InChI is InChI=1S/C8H10N2S2/c1-3-4-5-11-7-6(2)10-8(9)12-7/h1H,4-5H2,2H3,(H2,9,10). The van der Waals surface area contributed by atoms with Crippen molar-refractivity contribution in [3.63, 3.8) is 0 Å². The highest BCUT2D eigenvalue weighted by Gasteiger charge is 2.04. The summed E-state index contributed by atoms with van der Waals surface area (Å²) in [5.74, 6) is 3.54. The van der Waals surface area contributed by atoms with E-state index in [9.17, 15) is 0 Å². The summed E-state index contributed by atoms with van der Waals surface area (Å²) in [5.41, 5.74) is 6.55. The molecule has 1 aromatic rings. The van der Waals surface area contributed by atoms with Gasteiger partial charge in [0.05, 0.1) is 9.90 Å². The van der Waals surface area contributed by atoms with E-state index >= 15 is 0 Å². The Morgan fingerprint density at radius 3 is 3.00 bits per heavy atom. The van der Waals surface area contributed by atoms with Gasteiger partial charge in [-0.2, -0.15) is 0 Å². The quantitative estimate of drug-likeness (QED) is 0.459. The maximum atomic E-state index is 5.54. The summed E-state index contributed by atoms with van der Waals surface area (Å²) < 4.78 is 1.18. The van der Waals surface area contributed by atoms with Crippen molar-refractivity contribution in [2.24, 2.45) is 0 Å². The third-order valence-electron chi connectivity index (χ3n) is 1.25. The Balaban J connectivity index is 2.52. The molecule has 0 bridgehead atoms. The molecule has 1 heterocycles. The summed E-state index contributed by atoms with van der Waals surface area (Å²) in [6.45, 7) is 1.96. The number of nitrogen functional groups attached to an aromatic ring is 1. The second-order valence-electron chi connectivity index (χ2n) is 2.23. The van der Waals surface area contributed by atoms with E-state index in [0.29, 0.717) is 5.13 Å². The van der Waals surface area contributed by atoms with Crippen molar-refractivity contribution < 1.29 is 0 Å². The minimum atomic E-state index is 0.635. The molecule has 0 aliphatic carbocycles. The largest absolute Gasteiger partial charge is 0.375 e. The Labute approximate surface area is 80.6 Å². The minimum Gasteiger partial charge on any atom is -0.375 e. The fourth-order valence-electron chi connectivity index (χ4n) is 0.739. The van der Waals surface area contributed by atoms with Crippen LogP contribution in [-0.4, -0.2) is 10.7 Å². The SMILES string of the molecule is C#CCCSc1sc(N)nc1C. The minimum absolute atomic E-state index is 0.635. The highest BCUT2D eigenvalue weighted by atomic mass is 32.2. The van der Waals surface area contributed by atoms with Crippen LogP contribution in [0.2, 0.25) is 0 Å². The van der Waals surface area contributed by atoms with Crippen molar-refractivity contribution in [1.29, 1.82) is 0 Å². The van der Waals surface area contributed by atoms with Crippen LogP contribution in [0.15, 0.2) is 4.21 Å². The molecule has 0 aliphatic heterocycles. The Bertz CT molecular complexity index is 298. The number of nitrogens with two attached hydrogens (primary N) is 1. The van der Waals surface area contributed by atoms with Crippen LogP contribution >= 0.6 is 23.1 Å². The van der Waals surface area contributed by atoms with Crippen molar-refractivity contribution in [2.75, 3.05) is 11.5 Å². The monoisotopic (exact) mass is 198 g/mol. The molecule has 0 fully saturated rings. The van der Waals surface area contributed by atoms with Crippen LogP contribution in [0.3, 0.4) is 0 Å². The van der Waals surface area contributed by atoms with Gasteiger partial charge >= 0.3 is 0 Å². The van der Waals surface area contributed by atoms with Crippen LogP contribution in [0.5, 0.6) is 0 Å². The Morgan fingerprint density at radius 1 is 1.75 bits per heavy atom. The van der Waals surface area contributed by atoms with Gasteiger partial charge in [-0.3, -0.25) is 0 Å². The summed E-state index contributed by atoms with van der Waals surface area (Å²) in [6.07, 6.45) is 5.93. The number of rotatable bonds is 3. The number of hydrogen-bond acceptors (Lipinski definition) is 4. The second kappa shape index (κ2) is 4.39. The molecule has 2 N–H and O–H groups in total. The van der Waals surface area contributed by atoms with E-state index in [1.54, 1.807) is 11.8 Å². The maximum Gasteiger partial charge on any atom is 0.181 e. The second-order valence-corrected chi connectivity index (χ2v) is 4.62. The number of terminal acetylenes is 1. The molecular weight excluding hydrogens is 188 g/mol. The van der Waals surface area contributed by atoms with Gasteiger partial charge in [-0.05, 0) is 6.92 Å². The van der Waals surface area contributed by atoms with Crippen molar-refractivity contribution in [1.82, 2.24) is 4.98 Å². The lowest BCUT2D eigenvalue weighted by molar-refractivity contribution is 1.21. The van der Waals surface area contributed by atoms with E-state index in [1.165, 1.54) is 15.5 Å². The van der Waals surface area contributed by atoms with E-state index in [4.69, 9.17) is 12.2 Å². The maximum absolute atomic E-state index is 5.54. The van der Waals surface area contributed by atoms with E-state index in [1.807, 2.05) is 6.92 Å². The van der Waals surface area contributed by atoms with Crippen LogP contribution in [0.4, 0.5) is 5.13 Å². The molecule has 0 aliphatic rings. The van der Waals surface area contributed by atoms with Gasteiger partial charge in [-0.1, -0.05) is 11.3 Å². The lowest BCUT2D eigenvalue weighted by atomic mass is 10.5. The molecule has 0 amide bonds. The van der Waals surface area contributed by atoms with Crippen molar-refractivity contribution >= 4 is 28.2 Å². The van der Waals surface area contributed by atoms with Gasteiger partial charge in [0, 0.05) is 12.2 Å². The average molecular weight is 198 g/mol. The molecule has 0 saturated carbocycles. The summed E-state index contributed by atoms with van der Waals surface area (Å²) in [4.78, 5) is 4.11. The lowest BCUT2D eigenvalue weighted by Gasteiger charge is -1.93. The average Bonchev–Trinajstić information content (AvgIpc) is 2.31. The molecule has 0 atom stereocenters. The first kappa shape index (κ1) is 9.43. The molecule has 0 radical (unpaired) electrons. The predicted octanol–water partition coefficient (Wildman–Crippen LogP) is 2.15. The number of aryl methyl sites for hydroxylation is 1. The topological polar surface area (TPSA) is 38.9 Å². The number of thioether (sulfide) groups is 1. The third-order valence-corrected chi connectivity index (χ3v) is 3.60. The van der Waals surface area contributed by atoms with Crippen molar-refractivity contribution in [3.8, 4) is 12.3 Å². The van der Waals surface area contributed by atoms with Gasteiger partial charge in [-0.25, -0.2) is 4.98 Å². The first-order valence-electron chi connectivity index (χ1n) is 3.53. The van der Waals surface area contributed by atoms with Gasteiger partial charge in [0.1, 0.15) is 0 Å². The van der Waals surface area contributed by atoms with Crippen LogP contribution < -0.4 is 5.73 Å². The smallest absolute Gasteiger partial charge is 0.181 e. The summed E-state index contributed by atoms with van der Waals surface area (Å²) in [5, 5.41) is 0.635. The molecule has 1 aromatic heterocycles. The molecule has 0 aromatic carbocycles. The van der Waals surface area contributed by atoms with Crippen molar-refractivity contribution in [3.05, 3.63) is 5.69 Å². The summed E-state index contributed by atoms with van der Waals surface area (Å²) in [6, 6.07) is 0. The Kier molecular flexibility index (Phi) is 3.45. The molecule has 1 rings (SSSR count). The Hall–Kier alpha value is -0.660. The van der Waals surface area contributed by atoms with Gasteiger partial charge in [0.2, 0.25) is 0 Å². The van der Waals surface area contributed by atoms with Crippen LogP contribution in [-0.2, 0) is 0 Å². The zero-order valence-electron chi connectivity index (χ0n) is 6.83. The number of nitrogens with zero attached hydrogens (tertiary/aromatic N) is 1. The summed E-state index contributed by atoms with van der Waals surface area (Å²) in [7, 11) is 0. The highest BCUT2D eigenvalue weighted by Crippen LogP contribution is 2.30. The van der Waals surface area contributed by atoms with E-state index in [-0.39, 0.29) is 0 Å². The molecule has 0 spiro atoms. The number of hydrogen-bond donors (Lipinski definition) is 1. The van der Waals surface area contributed by atoms with Crippen molar-refractivity contribution in [2.45, 2.75) is 17.6 Å². The fraction of sp³-hybridized carbons (Fsp3) is 0.375. The molecule has 0 unspecified atom stereocenters. The Morgan fingerprint density at radius 2 is 2.50 bits per heavy atom. The van der Waals surface area contributed by atoms with Crippen LogP contribution in [0, 0.1) is 19.3 Å². The number of aromatic nitrogens is 1. The molecule has 12 heavy (non-hydrogen) atoms. The normalized spacial score (nSPS) is 9.67. The molecule has 64 valence electrons. The molecular formula is C8H10N2S2. The zero-order chi connectivity index (χ0) is 8.97. The first-order chi connectivity index (χ1) is 5.74. The molecule has 4 heteroatoms. The van der Waals surface area contributed by atoms with E-state index in [2.05, 4.69) is 10.9 Å². The zero-order valence-corrected chi connectivity index (χ0v) is 8.47. The summed E-state index contributed by atoms with van der Waals surface area (Å²) >= 11 is 3.25. The highest BCUT2D eigenvalue weighted by molar-refractivity contribution is 8.01. The van der Waals surface area contributed by atoms with Gasteiger partial charge in [0.25, 0.3) is 0 Å². The number of thiazole rings is 1. The van der Waals surface area contributed by atoms with Crippen LogP contribution in [0.25, 0.3) is 0 Å².